The third-order valence-corrected chi connectivity index (χ3v) is 5.35. The number of piperidine rings is 1. The largest absolute Gasteiger partial charge is 0.378 e. The highest BCUT2D eigenvalue weighted by atomic mass is 16.5. The number of H-pyrrole nitrogens is 1. The minimum atomic E-state index is 0.286. The van der Waals surface area contributed by atoms with E-state index in [2.05, 4.69) is 11.1 Å². The van der Waals surface area contributed by atoms with Gasteiger partial charge in [0.2, 0.25) is 5.91 Å². The molecule has 2 fully saturated rings. The van der Waals surface area contributed by atoms with Crippen molar-refractivity contribution in [1.29, 1.82) is 0 Å². The van der Waals surface area contributed by atoms with Crippen molar-refractivity contribution in [3.8, 4) is 0 Å². The number of benzene rings is 1. The Labute approximate surface area is 142 Å². The first-order chi connectivity index (χ1) is 11.8. The third-order valence-electron chi connectivity index (χ3n) is 5.35. The molecule has 0 unspecified atom stereocenters. The van der Waals surface area contributed by atoms with Crippen LogP contribution in [-0.2, 0) is 9.53 Å². The van der Waals surface area contributed by atoms with Crippen LogP contribution in [0.1, 0.15) is 50.3 Å². The lowest BCUT2D eigenvalue weighted by atomic mass is 9.95. The lowest BCUT2D eigenvalue weighted by Gasteiger charge is -2.31. The van der Waals surface area contributed by atoms with Gasteiger partial charge in [0, 0.05) is 32.0 Å². The second kappa shape index (κ2) is 6.93. The van der Waals surface area contributed by atoms with E-state index in [0.29, 0.717) is 18.4 Å². The van der Waals surface area contributed by atoms with Crippen LogP contribution in [0.3, 0.4) is 0 Å². The molecule has 2 aromatic rings. The molecule has 1 atom stereocenters. The molecule has 2 aliphatic heterocycles. The standard InChI is InChI=1S/C19H25N3O2/c23-18(8-7-15-4-3-13-24-15)22-11-9-14(10-12-22)19-20-16-5-1-2-6-17(16)21-19/h1-2,5-6,14-15H,3-4,7-13H2,(H,20,21)/t15-/m1/s1. The van der Waals surface area contributed by atoms with Gasteiger partial charge in [-0.1, -0.05) is 12.1 Å². The third kappa shape index (κ3) is 3.31. The molecule has 0 radical (unpaired) electrons. The summed E-state index contributed by atoms with van der Waals surface area (Å²) in [6, 6.07) is 8.15. The van der Waals surface area contributed by atoms with Crippen molar-refractivity contribution in [2.24, 2.45) is 0 Å². The number of nitrogens with one attached hydrogen (secondary N) is 1. The molecule has 2 saturated heterocycles. The van der Waals surface area contributed by atoms with Crippen LogP contribution >= 0.6 is 0 Å². The average Bonchev–Trinajstić information content (AvgIpc) is 3.29. The van der Waals surface area contributed by atoms with Crippen LogP contribution in [0.25, 0.3) is 11.0 Å². The Morgan fingerprint density at radius 1 is 1.25 bits per heavy atom. The van der Waals surface area contributed by atoms with E-state index in [1.807, 2.05) is 23.1 Å². The van der Waals surface area contributed by atoms with Crippen molar-refractivity contribution in [1.82, 2.24) is 14.9 Å². The maximum Gasteiger partial charge on any atom is 0.222 e. The van der Waals surface area contributed by atoms with Crippen LogP contribution in [-0.4, -0.2) is 46.6 Å². The fourth-order valence-electron chi connectivity index (χ4n) is 3.88. The number of carbonyl (C=O) groups excluding carboxylic acids is 1. The highest BCUT2D eigenvalue weighted by molar-refractivity contribution is 5.76. The number of imidazole rings is 1. The number of fused-ring (bicyclic) bond motifs is 1. The van der Waals surface area contributed by atoms with Gasteiger partial charge in [0.15, 0.2) is 0 Å². The first-order valence-corrected chi connectivity index (χ1v) is 9.13. The van der Waals surface area contributed by atoms with Gasteiger partial charge < -0.3 is 14.6 Å². The van der Waals surface area contributed by atoms with E-state index in [4.69, 9.17) is 9.72 Å². The molecule has 2 aliphatic rings. The fraction of sp³-hybridized carbons (Fsp3) is 0.579. The number of ether oxygens (including phenoxy) is 1. The zero-order chi connectivity index (χ0) is 16.4. The number of nitrogens with zero attached hydrogens (tertiary/aromatic N) is 2. The Kier molecular flexibility index (Phi) is 4.52. The van der Waals surface area contributed by atoms with Crippen molar-refractivity contribution in [3.05, 3.63) is 30.1 Å². The minimum absolute atomic E-state index is 0.286. The number of rotatable bonds is 4. The summed E-state index contributed by atoms with van der Waals surface area (Å²) in [5.74, 6) is 1.79. The number of hydrogen-bond acceptors (Lipinski definition) is 3. The Morgan fingerprint density at radius 3 is 2.83 bits per heavy atom. The molecule has 1 aromatic heterocycles. The summed E-state index contributed by atoms with van der Waals surface area (Å²) in [6.45, 7) is 2.54. The predicted octanol–water partition coefficient (Wildman–Crippen LogP) is 3.23. The quantitative estimate of drug-likeness (QED) is 0.938. The van der Waals surface area contributed by atoms with E-state index in [9.17, 15) is 4.79 Å². The normalized spacial score (nSPS) is 22.3. The van der Waals surface area contributed by atoms with Gasteiger partial charge in [0.05, 0.1) is 17.1 Å². The van der Waals surface area contributed by atoms with Crippen molar-refractivity contribution < 1.29 is 9.53 Å². The van der Waals surface area contributed by atoms with Crippen molar-refractivity contribution in [2.75, 3.05) is 19.7 Å². The highest BCUT2D eigenvalue weighted by Crippen LogP contribution is 2.28. The molecule has 4 rings (SSSR count). The molecule has 5 nitrogen and oxygen atoms in total. The van der Waals surface area contributed by atoms with Gasteiger partial charge in [-0.15, -0.1) is 0 Å². The topological polar surface area (TPSA) is 58.2 Å². The van der Waals surface area contributed by atoms with Gasteiger partial charge in [-0.05, 0) is 44.2 Å². The predicted molar refractivity (Wildman–Crippen MR) is 92.9 cm³/mol. The van der Waals surface area contributed by atoms with Crippen LogP contribution in [0.4, 0.5) is 0 Å². The number of aromatic nitrogens is 2. The van der Waals surface area contributed by atoms with Crippen LogP contribution in [0.5, 0.6) is 0 Å². The lowest BCUT2D eigenvalue weighted by Crippen LogP contribution is -2.38. The van der Waals surface area contributed by atoms with Gasteiger partial charge >= 0.3 is 0 Å². The SMILES string of the molecule is O=C(CC[C@H]1CCCO1)N1CCC(c2nc3ccccc3[nH]2)CC1. The van der Waals surface area contributed by atoms with E-state index in [0.717, 1.165) is 68.7 Å². The van der Waals surface area contributed by atoms with E-state index < -0.39 is 0 Å². The second-order valence-electron chi connectivity index (χ2n) is 6.97. The summed E-state index contributed by atoms with van der Waals surface area (Å²) in [6.07, 6.45) is 6.05. The molecule has 1 amide bonds. The first-order valence-electron chi connectivity index (χ1n) is 9.13. The van der Waals surface area contributed by atoms with Crippen LogP contribution in [0.15, 0.2) is 24.3 Å². The van der Waals surface area contributed by atoms with Crippen LogP contribution in [0.2, 0.25) is 0 Å². The molecular formula is C19H25N3O2. The van der Waals surface area contributed by atoms with Gasteiger partial charge in [0.25, 0.3) is 0 Å². The lowest BCUT2D eigenvalue weighted by molar-refractivity contribution is -0.132. The minimum Gasteiger partial charge on any atom is -0.378 e. The van der Waals surface area contributed by atoms with Gasteiger partial charge in [-0.3, -0.25) is 4.79 Å². The maximum atomic E-state index is 12.4. The fourth-order valence-corrected chi connectivity index (χ4v) is 3.88. The second-order valence-corrected chi connectivity index (χ2v) is 6.97. The Balaban J connectivity index is 1.30. The molecule has 0 saturated carbocycles. The maximum absolute atomic E-state index is 12.4. The smallest absolute Gasteiger partial charge is 0.222 e. The number of carbonyl (C=O) groups is 1. The monoisotopic (exact) mass is 327 g/mol. The molecule has 0 bridgehead atoms. The van der Waals surface area contributed by atoms with Crippen molar-refractivity contribution in [3.63, 3.8) is 0 Å². The van der Waals surface area contributed by atoms with Crippen LogP contribution < -0.4 is 0 Å². The molecule has 5 heteroatoms. The Hall–Kier alpha value is -1.88. The van der Waals surface area contributed by atoms with E-state index >= 15 is 0 Å². The Morgan fingerprint density at radius 2 is 2.08 bits per heavy atom. The summed E-state index contributed by atoms with van der Waals surface area (Å²) < 4.78 is 5.61. The zero-order valence-corrected chi connectivity index (χ0v) is 14.0. The Bertz CT molecular complexity index is 664. The zero-order valence-electron chi connectivity index (χ0n) is 14.0. The molecular weight excluding hydrogens is 302 g/mol. The number of hydrogen-bond donors (Lipinski definition) is 1. The summed E-state index contributed by atoms with van der Waals surface area (Å²) in [4.78, 5) is 22.6. The molecule has 1 aromatic carbocycles. The summed E-state index contributed by atoms with van der Waals surface area (Å²) in [5.41, 5.74) is 2.13. The molecule has 0 aliphatic carbocycles. The van der Waals surface area contributed by atoms with E-state index in [1.54, 1.807) is 0 Å². The van der Waals surface area contributed by atoms with E-state index in [1.165, 1.54) is 0 Å². The number of para-hydroxylation sites is 2. The molecule has 0 spiro atoms. The average molecular weight is 327 g/mol. The van der Waals surface area contributed by atoms with Gasteiger partial charge in [0.1, 0.15) is 5.82 Å². The molecule has 24 heavy (non-hydrogen) atoms. The number of likely N-dealkylation sites (tertiary alicyclic amines) is 1. The summed E-state index contributed by atoms with van der Waals surface area (Å²) in [7, 11) is 0. The molecule has 3 heterocycles. The molecule has 128 valence electrons. The number of amides is 1. The highest BCUT2D eigenvalue weighted by Gasteiger charge is 2.26. The van der Waals surface area contributed by atoms with Crippen molar-refractivity contribution in [2.45, 2.75) is 50.5 Å². The first kappa shape index (κ1) is 15.6. The summed E-state index contributed by atoms with van der Waals surface area (Å²) >= 11 is 0. The van der Waals surface area contributed by atoms with E-state index in [-0.39, 0.29) is 5.91 Å². The van der Waals surface area contributed by atoms with Gasteiger partial charge in [-0.25, -0.2) is 4.98 Å². The van der Waals surface area contributed by atoms with Crippen LogP contribution in [0, 0.1) is 0 Å². The number of aromatic amines is 1. The molecule has 1 N–H and O–H groups in total. The van der Waals surface area contributed by atoms with Crippen molar-refractivity contribution >= 4 is 16.9 Å². The van der Waals surface area contributed by atoms with Gasteiger partial charge in [-0.2, -0.15) is 0 Å². The summed E-state index contributed by atoms with van der Waals surface area (Å²) in [5, 5.41) is 0.